The molecule has 3 aliphatic rings. The van der Waals surface area contributed by atoms with Crippen LogP contribution in [0.3, 0.4) is 0 Å². The quantitative estimate of drug-likeness (QED) is 0.155. The molecule has 1 heteroatoms. The molecule has 0 bridgehead atoms. The van der Waals surface area contributed by atoms with Gasteiger partial charge < -0.3 is 4.90 Å². The van der Waals surface area contributed by atoms with Gasteiger partial charge in [0.25, 0.3) is 0 Å². The predicted octanol–water partition coefficient (Wildman–Crippen LogP) is 17.4. The summed E-state index contributed by atoms with van der Waals surface area (Å²) in [6.07, 6.45) is 6.27. The molecule has 9 aromatic rings. The van der Waals surface area contributed by atoms with Crippen molar-refractivity contribution >= 4 is 17.1 Å². The summed E-state index contributed by atoms with van der Waals surface area (Å²) in [5.41, 5.74) is 24.7. The molecule has 0 aromatic heterocycles. The smallest absolute Gasteiger partial charge is 0.0467 e. The van der Waals surface area contributed by atoms with Gasteiger partial charge in [0.1, 0.15) is 0 Å². The minimum atomic E-state index is -0.110. The first-order valence-corrected chi connectivity index (χ1v) is 23.2. The highest BCUT2D eigenvalue weighted by Gasteiger charge is 2.44. The molecule has 0 radical (unpaired) electrons. The van der Waals surface area contributed by atoms with Crippen LogP contribution in [0.15, 0.2) is 212 Å². The van der Waals surface area contributed by atoms with E-state index in [1.165, 1.54) is 127 Å². The standard InChI is InChI=1S/C63H51N/c1-62(2)58-27-11-9-24-55(58)57-26-16-25-53(61(57)62)47-19-15-20-49(41-47)64(50-37-38-56-54-23-10-12-28-59(54)63(60(56)42-50)39-13-4-14-40-63)48-35-33-44(34-36-48)43-29-31-46(32-30-43)52-22-8-7-21-51(52)45-17-5-3-6-18-45/h3,5-12,15-38,41-42H,4,13-14,39-40H2,1-2H3. The molecule has 0 unspecified atom stereocenters. The first-order valence-electron chi connectivity index (χ1n) is 23.2. The van der Waals surface area contributed by atoms with E-state index in [2.05, 4.69) is 231 Å². The van der Waals surface area contributed by atoms with Crippen molar-refractivity contribution in [1.29, 1.82) is 0 Å². The molecule has 64 heavy (non-hydrogen) atoms. The lowest BCUT2D eigenvalue weighted by Gasteiger charge is -2.36. The Kier molecular flexibility index (Phi) is 9.16. The minimum absolute atomic E-state index is 0.0660. The number of hydrogen-bond acceptors (Lipinski definition) is 1. The highest BCUT2D eigenvalue weighted by molar-refractivity contribution is 5.91. The van der Waals surface area contributed by atoms with Gasteiger partial charge in [-0.2, -0.15) is 0 Å². The van der Waals surface area contributed by atoms with Gasteiger partial charge in [-0.1, -0.05) is 209 Å². The van der Waals surface area contributed by atoms with E-state index in [0.29, 0.717) is 0 Å². The van der Waals surface area contributed by atoms with E-state index < -0.39 is 0 Å². The number of nitrogens with zero attached hydrogens (tertiary/aromatic N) is 1. The average molecular weight is 822 g/mol. The summed E-state index contributed by atoms with van der Waals surface area (Å²) in [5.74, 6) is 0. The lowest BCUT2D eigenvalue weighted by molar-refractivity contribution is 0.353. The van der Waals surface area contributed by atoms with Gasteiger partial charge in [-0.25, -0.2) is 0 Å². The largest absolute Gasteiger partial charge is 0.310 e. The number of anilines is 3. The van der Waals surface area contributed by atoms with E-state index in [1.807, 2.05) is 0 Å². The molecular formula is C63H51N. The average Bonchev–Trinajstić information content (AvgIpc) is 3.76. The molecule has 0 aliphatic heterocycles. The summed E-state index contributed by atoms with van der Waals surface area (Å²) in [4.78, 5) is 2.50. The van der Waals surface area contributed by atoms with E-state index >= 15 is 0 Å². The molecule has 12 rings (SSSR count). The molecule has 1 spiro atoms. The third-order valence-corrected chi connectivity index (χ3v) is 14.9. The summed E-state index contributed by atoms with van der Waals surface area (Å²) < 4.78 is 0. The molecule has 0 heterocycles. The molecule has 1 fully saturated rings. The Balaban J connectivity index is 0.958. The topological polar surface area (TPSA) is 3.24 Å². The van der Waals surface area contributed by atoms with Crippen LogP contribution in [-0.2, 0) is 10.8 Å². The zero-order valence-corrected chi connectivity index (χ0v) is 36.7. The van der Waals surface area contributed by atoms with E-state index in [-0.39, 0.29) is 10.8 Å². The van der Waals surface area contributed by atoms with Crippen LogP contribution in [0, 0.1) is 0 Å². The van der Waals surface area contributed by atoms with E-state index in [0.717, 1.165) is 11.4 Å². The molecule has 9 aromatic carbocycles. The van der Waals surface area contributed by atoms with Gasteiger partial charge in [-0.3, -0.25) is 0 Å². The summed E-state index contributed by atoms with van der Waals surface area (Å²) in [6.45, 7) is 4.78. The summed E-state index contributed by atoms with van der Waals surface area (Å²) in [6, 6.07) is 79.4. The van der Waals surface area contributed by atoms with E-state index in [1.54, 1.807) is 0 Å². The van der Waals surface area contributed by atoms with Crippen molar-refractivity contribution in [2.75, 3.05) is 4.90 Å². The second kappa shape index (κ2) is 15.2. The molecule has 0 atom stereocenters. The zero-order chi connectivity index (χ0) is 42.8. The highest BCUT2D eigenvalue weighted by Crippen LogP contribution is 2.57. The number of benzene rings is 9. The lowest BCUT2D eigenvalue weighted by atomic mass is 9.68. The second-order valence-electron chi connectivity index (χ2n) is 18.7. The van der Waals surface area contributed by atoms with Crippen LogP contribution in [0.2, 0.25) is 0 Å². The fourth-order valence-electron chi connectivity index (χ4n) is 11.9. The molecule has 3 aliphatic carbocycles. The van der Waals surface area contributed by atoms with Crippen molar-refractivity contribution in [2.24, 2.45) is 0 Å². The third kappa shape index (κ3) is 6.13. The van der Waals surface area contributed by atoms with Crippen molar-refractivity contribution in [2.45, 2.75) is 56.8 Å². The fraction of sp³-hybridized carbons (Fsp3) is 0.143. The number of fused-ring (bicyclic) bond motifs is 8. The number of hydrogen-bond donors (Lipinski definition) is 0. The summed E-state index contributed by atoms with van der Waals surface area (Å²) >= 11 is 0. The molecular weight excluding hydrogens is 771 g/mol. The van der Waals surface area contributed by atoms with Crippen molar-refractivity contribution in [3.05, 3.63) is 235 Å². The van der Waals surface area contributed by atoms with E-state index in [4.69, 9.17) is 0 Å². The fourth-order valence-corrected chi connectivity index (χ4v) is 11.9. The Morgan fingerprint density at radius 2 is 0.797 bits per heavy atom. The van der Waals surface area contributed by atoms with Gasteiger partial charge in [0, 0.05) is 27.9 Å². The van der Waals surface area contributed by atoms with Gasteiger partial charge in [-0.05, 0) is 138 Å². The van der Waals surface area contributed by atoms with Gasteiger partial charge >= 0.3 is 0 Å². The van der Waals surface area contributed by atoms with Crippen LogP contribution in [-0.4, -0.2) is 0 Å². The van der Waals surface area contributed by atoms with Crippen molar-refractivity contribution < 1.29 is 0 Å². The zero-order valence-electron chi connectivity index (χ0n) is 36.7. The van der Waals surface area contributed by atoms with Crippen molar-refractivity contribution in [3.8, 4) is 66.8 Å². The molecule has 308 valence electrons. The maximum Gasteiger partial charge on any atom is 0.0467 e. The first kappa shape index (κ1) is 38.5. The minimum Gasteiger partial charge on any atom is -0.310 e. The maximum atomic E-state index is 2.55. The summed E-state index contributed by atoms with van der Waals surface area (Å²) in [5, 5.41) is 0. The normalized spacial score (nSPS) is 15.0. The Labute approximate surface area is 378 Å². The molecule has 1 nitrogen and oxygen atoms in total. The molecule has 0 N–H and O–H groups in total. The molecule has 1 saturated carbocycles. The monoisotopic (exact) mass is 821 g/mol. The Hall–Kier alpha value is -7.22. The second-order valence-corrected chi connectivity index (χ2v) is 18.7. The van der Waals surface area contributed by atoms with E-state index in [9.17, 15) is 0 Å². The van der Waals surface area contributed by atoms with Crippen LogP contribution in [0.25, 0.3) is 66.8 Å². The van der Waals surface area contributed by atoms with Crippen LogP contribution in [0.5, 0.6) is 0 Å². The van der Waals surface area contributed by atoms with Crippen LogP contribution < -0.4 is 4.90 Å². The van der Waals surface area contributed by atoms with Gasteiger partial charge in [0.2, 0.25) is 0 Å². The Morgan fingerprint density at radius 3 is 1.52 bits per heavy atom. The Bertz CT molecular complexity index is 3200. The highest BCUT2D eigenvalue weighted by atomic mass is 15.1. The van der Waals surface area contributed by atoms with Gasteiger partial charge in [0.15, 0.2) is 0 Å². The van der Waals surface area contributed by atoms with Gasteiger partial charge in [-0.15, -0.1) is 0 Å². The molecule has 0 amide bonds. The van der Waals surface area contributed by atoms with Crippen molar-refractivity contribution in [3.63, 3.8) is 0 Å². The van der Waals surface area contributed by atoms with Crippen LogP contribution in [0.1, 0.15) is 68.2 Å². The lowest BCUT2D eigenvalue weighted by Crippen LogP contribution is -2.28. The number of rotatable bonds is 7. The molecule has 0 saturated heterocycles. The van der Waals surface area contributed by atoms with Gasteiger partial charge in [0.05, 0.1) is 0 Å². The summed E-state index contributed by atoms with van der Waals surface area (Å²) in [7, 11) is 0. The van der Waals surface area contributed by atoms with Crippen LogP contribution >= 0.6 is 0 Å². The first-order chi connectivity index (χ1) is 31.5. The SMILES string of the molecule is CC1(C)c2ccccc2-c2cccc(-c3cccc(N(c4ccc(-c5ccc(-c6ccccc6-c6ccccc6)cc5)cc4)c4ccc5c(c4)C4(CCCCC4)c4ccccc4-5)c3)c21. The van der Waals surface area contributed by atoms with Crippen LogP contribution in [0.4, 0.5) is 17.1 Å². The Morgan fingerprint density at radius 1 is 0.312 bits per heavy atom. The predicted molar refractivity (Wildman–Crippen MR) is 270 cm³/mol. The van der Waals surface area contributed by atoms with Crippen molar-refractivity contribution in [1.82, 2.24) is 0 Å². The third-order valence-electron chi connectivity index (χ3n) is 14.9. The maximum absolute atomic E-state index is 2.55.